The summed E-state index contributed by atoms with van der Waals surface area (Å²) in [6.45, 7) is 1.99. The summed E-state index contributed by atoms with van der Waals surface area (Å²) in [5.41, 5.74) is 4.30. The molecule has 0 fully saturated rings. The lowest BCUT2D eigenvalue weighted by atomic mass is 10.1. The molecule has 4 aromatic rings. The number of aryl methyl sites for hydroxylation is 1. The van der Waals surface area contributed by atoms with E-state index in [1.54, 1.807) is 26.4 Å². The molecule has 1 N–H and O–H groups in total. The number of anilines is 2. The third-order valence-electron chi connectivity index (χ3n) is 4.74. The number of hydrogen-bond acceptors (Lipinski definition) is 4. The summed E-state index contributed by atoms with van der Waals surface area (Å²) in [5.74, 6) is 1.28. The molecular formula is C22H19Cl2N3O2. The van der Waals surface area contributed by atoms with Gasteiger partial charge in [-0.1, -0.05) is 23.2 Å². The fraction of sp³-hybridized carbons (Fsp3) is 0.136. The van der Waals surface area contributed by atoms with Gasteiger partial charge in [0.15, 0.2) is 0 Å². The molecule has 0 radical (unpaired) electrons. The van der Waals surface area contributed by atoms with Crippen LogP contribution in [0, 0.1) is 6.92 Å². The fourth-order valence-electron chi connectivity index (χ4n) is 3.25. The molecule has 0 saturated carbocycles. The molecule has 0 spiro atoms. The molecule has 2 aromatic carbocycles. The predicted octanol–water partition coefficient (Wildman–Crippen LogP) is 6.40. The molecule has 0 unspecified atom stereocenters. The molecule has 7 heteroatoms. The summed E-state index contributed by atoms with van der Waals surface area (Å²) in [4.78, 5) is 4.61. The van der Waals surface area contributed by atoms with Gasteiger partial charge in [-0.2, -0.15) is 0 Å². The first-order chi connectivity index (χ1) is 14.0. The number of hydrogen-bond donors (Lipinski definition) is 1. The normalized spacial score (nSPS) is 10.9. The van der Waals surface area contributed by atoms with E-state index < -0.39 is 0 Å². The first-order valence-corrected chi connectivity index (χ1v) is 9.68. The number of nitrogens with one attached hydrogen (secondary N) is 1. The van der Waals surface area contributed by atoms with Crippen LogP contribution in [0.4, 0.5) is 11.4 Å². The molecule has 2 heterocycles. The average molecular weight is 428 g/mol. The molecule has 0 saturated heterocycles. The summed E-state index contributed by atoms with van der Waals surface area (Å²) in [6.07, 6.45) is 5.77. The monoisotopic (exact) mass is 427 g/mol. The van der Waals surface area contributed by atoms with E-state index >= 15 is 0 Å². The van der Waals surface area contributed by atoms with Crippen molar-refractivity contribution < 1.29 is 9.47 Å². The molecule has 148 valence electrons. The minimum Gasteiger partial charge on any atom is -0.495 e. The van der Waals surface area contributed by atoms with Crippen LogP contribution in [0.25, 0.3) is 16.6 Å². The Bertz CT molecular complexity index is 1190. The topological polar surface area (TPSA) is 48.3 Å². The van der Waals surface area contributed by atoms with Crippen LogP contribution >= 0.6 is 23.2 Å². The number of halogens is 2. The molecule has 29 heavy (non-hydrogen) atoms. The van der Waals surface area contributed by atoms with Crippen molar-refractivity contribution in [3.8, 4) is 17.2 Å². The van der Waals surface area contributed by atoms with E-state index in [1.807, 2.05) is 54.3 Å². The zero-order valence-corrected chi connectivity index (χ0v) is 17.7. The van der Waals surface area contributed by atoms with Crippen molar-refractivity contribution in [2.24, 2.45) is 0 Å². The van der Waals surface area contributed by atoms with Gasteiger partial charge in [0.1, 0.15) is 11.5 Å². The number of rotatable bonds is 5. The van der Waals surface area contributed by atoms with Gasteiger partial charge in [0.05, 0.1) is 46.8 Å². The molecule has 0 atom stereocenters. The highest BCUT2D eigenvalue weighted by Crippen LogP contribution is 2.39. The lowest BCUT2D eigenvalue weighted by Crippen LogP contribution is -2.00. The van der Waals surface area contributed by atoms with Crippen molar-refractivity contribution >= 4 is 45.5 Å². The molecule has 0 aliphatic heterocycles. The predicted molar refractivity (Wildman–Crippen MR) is 119 cm³/mol. The number of methoxy groups -OCH3 is 2. The fourth-order valence-corrected chi connectivity index (χ4v) is 3.76. The van der Waals surface area contributed by atoms with Gasteiger partial charge < -0.3 is 19.4 Å². The Morgan fingerprint density at radius 2 is 1.66 bits per heavy atom. The van der Waals surface area contributed by atoms with Gasteiger partial charge in [-0.25, -0.2) is 0 Å². The van der Waals surface area contributed by atoms with Gasteiger partial charge in [0.25, 0.3) is 0 Å². The van der Waals surface area contributed by atoms with Crippen molar-refractivity contribution in [2.45, 2.75) is 6.92 Å². The number of aromatic nitrogens is 2. The van der Waals surface area contributed by atoms with Gasteiger partial charge in [-0.15, -0.1) is 0 Å². The van der Waals surface area contributed by atoms with Crippen molar-refractivity contribution in [1.82, 2.24) is 9.55 Å². The highest BCUT2D eigenvalue weighted by molar-refractivity contribution is 6.37. The van der Waals surface area contributed by atoms with Crippen LogP contribution in [-0.2, 0) is 0 Å². The Hall–Kier alpha value is -2.89. The maximum atomic E-state index is 6.42. The minimum absolute atomic E-state index is 0.456. The molecular weight excluding hydrogens is 409 g/mol. The van der Waals surface area contributed by atoms with Crippen molar-refractivity contribution in [2.75, 3.05) is 19.5 Å². The average Bonchev–Trinajstić information content (AvgIpc) is 3.25. The Kier molecular flexibility index (Phi) is 5.26. The quantitative estimate of drug-likeness (QED) is 0.400. The summed E-state index contributed by atoms with van der Waals surface area (Å²) in [5, 5.41) is 5.29. The zero-order valence-electron chi connectivity index (χ0n) is 16.2. The first kappa shape index (κ1) is 19.4. The highest BCUT2D eigenvalue weighted by Gasteiger charge is 2.15. The molecule has 2 aromatic heterocycles. The van der Waals surface area contributed by atoms with E-state index in [4.69, 9.17) is 32.7 Å². The van der Waals surface area contributed by atoms with Crippen LogP contribution in [-0.4, -0.2) is 23.8 Å². The molecule has 5 nitrogen and oxygen atoms in total. The second-order valence-corrected chi connectivity index (χ2v) is 7.35. The number of nitrogens with zero attached hydrogens (tertiary/aromatic N) is 2. The van der Waals surface area contributed by atoms with E-state index in [1.165, 1.54) is 0 Å². The maximum absolute atomic E-state index is 6.42. The van der Waals surface area contributed by atoms with Crippen LogP contribution in [0.1, 0.15) is 5.56 Å². The van der Waals surface area contributed by atoms with Gasteiger partial charge in [0.2, 0.25) is 0 Å². The molecule has 0 amide bonds. The number of benzene rings is 2. The van der Waals surface area contributed by atoms with E-state index in [0.717, 1.165) is 33.6 Å². The second kappa shape index (κ2) is 7.85. The van der Waals surface area contributed by atoms with E-state index in [2.05, 4.69) is 10.3 Å². The first-order valence-electron chi connectivity index (χ1n) is 8.92. The number of ether oxygens (including phenoxy) is 2. The van der Waals surface area contributed by atoms with Crippen molar-refractivity contribution in [3.05, 3.63) is 70.6 Å². The summed E-state index contributed by atoms with van der Waals surface area (Å²) >= 11 is 12.6. The zero-order chi connectivity index (χ0) is 20.5. The van der Waals surface area contributed by atoms with Crippen LogP contribution in [0.3, 0.4) is 0 Å². The summed E-state index contributed by atoms with van der Waals surface area (Å²) in [7, 11) is 3.23. The van der Waals surface area contributed by atoms with E-state index in [-0.39, 0.29) is 0 Å². The lowest BCUT2D eigenvalue weighted by molar-refractivity contribution is 0.413. The van der Waals surface area contributed by atoms with E-state index in [0.29, 0.717) is 21.5 Å². The Morgan fingerprint density at radius 1 is 0.931 bits per heavy atom. The third-order valence-corrected chi connectivity index (χ3v) is 5.35. The van der Waals surface area contributed by atoms with Crippen LogP contribution in [0.5, 0.6) is 11.5 Å². The molecule has 0 bridgehead atoms. The van der Waals surface area contributed by atoms with Gasteiger partial charge in [-0.3, -0.25) is 4.98 Å². The summed E-state index contributed by atoms with van der Waals surface area (Å²) in [6, 6.07) is 11.4. The number of fused-ring (bicyclic) bond motifs is 1. The van der Waals surface area contributed by atoms with Crippen molar-refractivity contribution in [1.29, 1.82) is 0 Å². The lowest BCUT2D eigenvalue weighted by Gasteiger charge is -2.17. The minimum atomic E-state index is 0.456. The Balaban J connectivity index is 1.88. The van der Waals surface area contributed by atoms with Crippen LogP contribution < -0.4 is 14.8 Å². The van der Waals surface area contributed by atoms with Gasteiger partial charge in [-0.05, 0) is 42.8 Å². The van der Waals surface area contributed by atoms with Crippen molar-refractivity contribution in [3.63, 3.8) is 0 Å². The second-order valence-electron chi connectivity index (χ2n) is 6.54. The smallest absolute Gasteiger partial charge is 0.143 e. The van der Waals surface area contributed by atoms with Crippen LogP contribution in [0.15, 0.2) is 55.0 Å². The van der Waals surface area contributed by atoms with Gasteiger partial charge >= 0.3 is 0 Å². The largest absolute Gasteiger partial charge is 0.495 e. The summed E-state index contributed by atoms with van der Waals surface area (Å²) < 4.78 is 13.0. The Labute approximate surface area is 178 Å². The number of pyridine rings is 1. The molecule has 4 rings (SSSR count). The standard InChI is InChI=1S/C22H19Cl2N3O2/c1-13-12-25-17-10-19(27-6-4-5-7-27)21(29-3)8-14(17)22(13)26-18-11-20(28-2)16(24)9-15(18)23/h4-12H,1-3H3,(H,25,26). The van der Waals surface area contributed by atoms with Crippen LogP contribution in [0.2, 0.25) is 10.0 Å². The Morgan fingerprint density at radius 3 is 2.34 bits per heavy atom. The van der Waals surface area contributed by atoms with E-state index in [9.17, 15) is 0 Å². The molecule has 0 aliphatic carbocycles. The highest BCUT2D eigenvalue weighted by atomic mass is 35.5. The third kappa shape index (κ3) is 3.59. The SMILES string of the molecule is COc1cc(Nc2c(C)cnc3cc(-n4cccc4)c(OC)cc23)c(Cl)cc1Cl. The maximum Gasteiger partial charge on any atom is 0.143 e. The van der Waals surface area contributed by atoms with Gasteiger partial charge in [0, 0.05) is 30.0 Å². The molecule has 0 aliphatic rings.